The lowest BCUT2D eigenvalue weighted by Gasteiger charge is -2.29. The van der Waals surface area contributed by atoms with Crippen molar-refractivity contribution in [3.05, 3.63) is 5.89 Å². The number of hydrogen-bond acceptors (Lipinski definition) is 6. The molecule has 0 amide bonds. The van der Waals surface area contributed by atoms with Gasteiger partial charge in [-0.25, -0.2) is 0 Å². The minimum Gasteiger partial charge on any atom is -0.407 e. The summed E-state index contributed by atoms with van der Waals surface area (Å²) in [6.07, 6.45) is 4.40. The Morgan fingerprint density at radius 3 is 2.50 bits per heavy atom. The van der Waals surface area contributed by atoms with Crippen molar-refractivity contribution in [2.24, 2.45) is 5.92 Å². The molecule has 2 N–H and O–H groups in total. The average Bonchev–Trinajstić information content (AvgIpc) is 2.89. The summed E-state index contributed by atoms with van der Waals surface area (Å²) in [5.74, 6) is 1.25. The zero-order valence-electron chi connectivity index (χ0n) is 13.3. The van der Waals surface area contributed by atoms with Crippen molar-refractivity contribution in [2.75, 3.05) is 24.7 Å². The van der Waals surface area contributed by atoms with Gasteiger partial charge in [-0.3, -0.25) is 0 Å². The van der Waals surface area contributed by atoms with Gasteiger partial charge in [-0.05, 0) is 31.6 Å². The van der Waals surface area contributed by atoms with Gasteiger partial charge in [-0.1, -0.05) is 32.8 Å². The highest BCUT2D eigenvalue weighted by Gasteiger charge is 2.25. The maximum absolute atomic E-state index is 5.59. The van der Waals surface area contributed by atoms with Crippen LogP contribution in [0.5, 0.6) is 0 Å². The van der Waals surface area contributed by atoms with Gasteiger partial charge in [0.25, 0.3) is 0 Å². The second-order valence-electron chi connectivity index (χ2n) is 5.47. The van der Waals surface area contributed by atoms with Gasteiger partial charge in [-0.15, -0.1) is 5.10 Å². The molecule has 6 heteroatoms. The monoisotopic (exact) mass is 300 g/mol. The molecule has 1 heterocycles. The van der Waals surface area contributed by atoms with Gasteiger partial charge in [0.15, 0.2) is 0 Å². The largest absolute Gasteiger partial charge is 0.407 e. The molecule has 0 aliphatic rings. The van der Waals surface area contributed by atoms with Crippen LogP contribution in [0.2, 0.25) is 0 Å². The van der Waals surface area contributed by atoms with Crippen molar-refractivity contribution in [1.29, 1.82) is 0 Å². The van der Waals surface area contributed by atoms with E-state index in [9.17, 15) is 0 Å². The first-order valence-electron chi connectivity index (χ1n) is 7.37. The number of hydrogen-bond donors (Lipinski definition) is 2. The number of nitrogens with one attached hydrogen (secondary N) is 2. The summed E-state index contributed by atoms with van der Waals surface area (Å²) in [5.41, 5.74) is 0. The van der Waals surface area contributed by atoms with E-state index in [1.807, 2.05) is 11.8 Å². The number of thioether (sulfide) groups is 1. The van der Waals surface area contributed by atoms with E-state index in [0.29, 0.717) is 24.4 Å². The molecule has 0 spiro atoms. The lowest BCUT2D eigenvalue weighted by molar-refractivity contribution is 0.455. The molecule has 0 fully saturated rings. The van der Waals surface area contributed by atoms with Crippen LogP contribution < -0.4 is 10.6 Å². The van der Waals surface area contributed by atoms with Crippen molar-refractivity contribution in [3.8, 4) is 0 Å². The number of anilines is 1. The van der Waals surface area contributed by atoms with Gasteiger partial charge in [0.2, 0.25) is 5.89 Å². The van der Waals surface area contributed by atoms with Crippen LogP contribution in [0.4, 0.5) is 6.01 Å². The van der Waals surface area contributed by atoms with Crippen molar-refractivity contribution >= 4 is 17.8 Å². The summed E-state index contributed by atoms with van der Waals surface area (Å²) in [4.78, 5) is 0. The molecule has 1 aromatic heterocycles. The van der Waals surface area contributed by atoms with Crippen LogP contribution >= 0.6 is 11.8 Å². The normalized spacial score (nSPS) is 12.1. The Balaban J connectivity index is 2.43. The van der Waals surface area contributed by atoms with Crippen LogP contribution in [0.1, 0.15) is 46.4 Å². The predicted octanol–water partition coefficient (Wildman–Crippen LogP) is 3.15. The van der Waals surface area contributed by atoms with E-state index in [2.05, 4.69) is 54.8 Å². The van der Waals surface area contributed by atoms with Gasteiger partial charge in [-0.2, -0.15) is 11.8 Å². The van der Waals surface area contributed by atoms with Crippen LogP contribution in [0, 0.1) is 5.92 Å². The molecule has 20 heavy (non-hydrogen) atoms. The average molecular weight is 300 g/mol. The third-order valence-corrected chi connectivity index (χ3v) is 5.17. The standard InChI is InChI=1S/C14H28N4OS/c1-6-14(7-2,20-5)10-16-13-18-17-12(19-13)9-15-8-11(3)4/h11,15H,6-10H2,1-5H3,(H,16,18). The van der Waals surface area contributed by atoms with Crippen LogP contribution in [0.3, 0.4) is 0 Å². The molecule has 0 aromatic carbocycles. The van der Waals surface area contributed by atoms with Crippen LogP contribution in [0.25, 0.3) is 0 Å². The highest BCUT2D eigenvalue weighted by atomic mass is 32.2. The maximum Gasteiger partial charge on any atom is 0.315 e. The Morgan fingerprint density at radius 2 is 1.95 bits per heavy atom. The molecule has 0 saturated heterocycles. The quantitative estimate of drug-likeness (QED) is 0.692. The van der Waals surface area contributed by atoms with Crippen molar-refractivity contribution in [2.45, 2.75) is 51.8 Å². The predicted molar refractivity (Wildman–Crippen MR) is 86.2 cm³/mol. The zero-order chi connectivity index (χ0) is 15.0. The molecule has 0 bridgehead atoms. The molecule has 0 unspecified atom stereocenters. The Morgan fingerprint density at radius 1 is 1.25 bits per heavy atom. The fourth-order valence-corrected chi connectivity index (χ4v) is 2.76. The summed E-state index contributed by atoms with van der Waals surface area (Å²) in [7, 11) is 0. The maximum atomic E-state index is 5.59. The Bertz CT molecular complexity index is 369. The molecular weight excluding hydrogens is 272 g/mol. The number of rotatable bonds is 10. The second kappa shape index (κ2) is 8.52. The van der Waals surface area contributed by atoms with E-state index in [0.717, 1.165) is 25.9 Å². The van der Waals surface area contributed by atoms with Crippen molar-refractivity contribution in [1.82, 2.24) is 15.5 Å². The van der Waals surface area contributed by atoms with E-state index in [-0.39, 0.29) is 4.75 Å². The SMILES string of the molecule is CCC(CC)(CNc1nnc(CNCC(C)C)o1)SC. The van der Waals surface area contributed by atoms with Crippen molar-refractivity contribution < 1.29 is 4.42 Å². The molecule has 0 atom stereocenters. The minimum atomic E-state index is 0.241. The Labute approximate surface area is 126 Å². The third-order valence-electron chi connectivity index (χ3n) is 3.58. The first-order chi connectivity index (χ1) is 9.55. The fraction of sp³-hybridized carbons (Fsp3) is 0.857. The molecule has 1 aromatic rings. The summed E-state index contributed by atoms with van der Waals surface area (Å²) in [5, 5.41) is 14.6. The lowest BCUT2D eigenvalue weighted by Crippen LogP contribution is -2.32. The molecule has 0 aliphatic carbocycles. The van der Waals surface area contributed by atoms with Gasteiger partial charge in [0.1, 0.15) is 0 Å². The van der Waals surface area contributed by atoms with Crippen molar-refractivity contribution in [3.63, 3.8) is 0 Å². The second-order valence-corrected chi connectivity index (χ2v) is 6.75. The fourth-order valence-electron chi connectivity index (χ4n) is 1.96. The van der Waals surface area contributed by atoms with E-state index in [1.54, 1.807) is 0 Å². The summed E-state index contributed by atoms with van der Waals surface area (Å²) < 4.78 is 5.83. The Hall–Kier alpha value is -0.750. The van der Waals surface area contributed by atoms with Crippen LogP contribution in [0.15, 0.2) is 4.42 Å². The van der Waals surface area contributed by atoms with Gasteiger partial charge >= 0.3 is 6.01 Å². The first kappa shape index (κ1) is 17.3. The molecule has 5 nitrogen and oxygen atoms in total. The molecule has 116 valence electrons. The Kier molecular flexibility index (Phi) is 7.37. The molecule has 0 aliphatic heterocycles. The minimum absolute atomic E-state index is 0.241. The van der Waals surface area contributed by atoms with Crippen LogP contribution in [-0.4, -0.2) is 34.3 Å². The topological polar surface area (TPSA) is 63.0 Å². The zero-order valence-corrected chi connectivity index (χ0v) is 14.1. The molecule has 0 radical (unpaired) electrons. The van der Waals surface area contributed by atoms with Crippen LogP contribution in [-0.2, 0) is 6.54 Å². The van der Waals surface area contributed by atoms with Gasteiger partial charge in [0.05, 0.1) is 6.54 Å². The third kappa shape index (κ3) is 5.32. The lowest BCUT2D eigenvalue weighted by atomic mass is 10.0. The van der Waals surface area contributed by atoms with Gasteiger partial charge < -0.3 is 15.1 Å². The number of nitrogens with zero attached hydrogens (tertiary/aromatic N) is 2. The highest BCUT2D eigenvalue weighted by Crippen LogP contribution is 2.30. The molecule has 0 saturated carbocycles. The summed E-state index contributed by atoms with van der Waals surface area (Å²) in [6, 6.07) is 0.520. The molecule has 1 rings (SSSR count). The van der Waals surface area contributed by atoms with E-state index in [1.165, 1.54) is 0 Å². The van der Waals surface area contributed by atoms with E-state index >= 15 is 0 Å². The smallest absolute Gasteiger partial charge is 0.315 e. The van der Waals surface area contributed by atoms with Gasteiger partial charge in [0, 0.05) is 11.3 Å². The number of aromatic nitrogens is 2. The molecular formula is C14H28N4OS. The summed E-state index contributed by atoms with van der Waals surface area (Å²) in [6.45, 7) is 11.2. The summed E-state index contributed by atoms with van der Waals surface area (Å²) >= 11 is 1.90. The first-order valence-corrected chi connectivity index (χ1v) is 8.59. The highest BCUT2D eigenvalue weighted by molar-refractivity contribution is 8.00. The van der Waals surface area contributed by atoms with E-state index in [4.69, 9.17) is 4.42 Å². The van der Waals surface area contributed by atoms with E-state index < -0.39 is 0 Å².